The molecule has 26 heavy (non-hydrogen) atoms. The van der Waals surface area contributed by atoms with Crippen molar-refractivity contribution in [3.8, 4) is 11.3 Å². The largest absolute Gasteiger partial charge is 0.324 e. The topological polar surface area (TPSA) is 120 Å². The van der Waals surface area contributed by atoms with Gasteiger partial charge in [0.05, 0.1) is 10.6 Å². The zero-order chi connectivity index (χ0) is 18.5. The lowest BCUT2D eigenvalue weighted by Crippen LogP contribution is -2.29. The first-order valence-electron chi connectivity index (χ1n) is 7.56. The molecule has 1 N–H and O–H groups in total. The highest BCUT2D eigenvalue weighted by Crippen LogP contribution is 2.17. The van der Waals surface area contributed by atoms with Crippen LogP contribution >= 0.6 is 0 Å². The number of nitro benzene ring substituents is 1. The fraction of sp³-hybridized carbons (Fsp3) is 0.0588. The van der Waals surface area contributed by atoms with E-state index in [-0.39, 0.29) is 17.9 Å². The Labute approximate surface area is 147 Å². The molecule has 1 amide bonds. The van der Waals surface area contributed by atoms with Gasteiger partial charge in [0.2, 0.25) is 5.91 Å². The third-order valence-corrected chi connectivity index (χ3v) is 3.46. The number of rotatable bonds is 5. The first-order valence-corrected chi connectivity index (χ1v) is 7.56. The summed E-state index contributed by atoms with van der Waals surface area (Å²) in [6.07, 6.45) is 3.21. The second-order valence-corrected chi connectivity index (χ2v) is 5.31. The molecule has 2 aromatic heterocycles. The molecule has 0 aliphatic heterocycles. The van der Waals surface area contributed by atoms with Gasteiger partial charge >= 0.3 is 0 Å². The highest BCUT2D eigenvalue weighted by Gasteiger charge is 2.11. The summed E-state index contributed by atoms with van der Waals surface area (Å²) in [5, 5.41) is 17.5. The van der Waals surface area contributed by atoms with Crippen molar-refractivity contribution >= 4 is 17.3 Å². The maximum atomic E-state index is 12.2. The van der Waals surface area contributed by atoms with Crippen LogP contribution < -0.4 is 10.9 Å². The van der Waals surface area contributed by atoms with E-state index in [2.05, 4.69) is 15.4 Å². The van der Waals surface area contributed by atoms with Crippen LogP contribution in [-0.4, -0.2) is 25.6 Å². The minimum Gasteiger partial charge on any atom is -0.324 e. The molecule has 3 rings (SSSR count). The smallest absolute Gasteiger partial charge is 0.271 e. The Morgan fingerprint density at radius 1 is 1.19 bits per heavy atom. The van der Waals surface area contributed by atoms with E-state index >= 15 is 0 Å². The quantitative estimate of drug-likeness (QED) is 0.553. The van der Waals surface area contributed by atoms with Crippen LogP contribution in [0.15, 0.2) is 65.7 Å². The number of benzene rings is 1. The number of nitro groups is 1. The molecule has 0 spiro atoms. The van der Waals surface area contributed by atoms with Gasteiger partial charge in [-0.1, -0.05) is 6.07 Å². The van der Waals surface area contributed by atoms with Crippen LogP contribution in [0.5, 0.6) is 0 Å². The minimum absolute atomic E-state index is 0.142. The lowest BCUT2D eigenvalue weighted by molar-refractivity contribution is -0.384. The van der Waals surface area contributed by atoms with Gasteiger partial charge in [-0.15, -0.1) is 0 Å². The van der Waals surface area contributed by atoms with Crippen LogP contribution in [0.3, 0.4) is 0 Å². The maximum Gasteiger partial charge on any atom is 0.271 e. The van der Waals surface area contributed by atoms with Crippen molar-refractivity contribution in [3.05, 3.63) is 81.4 Å². The van der Waals surface area contributed by atoms with E-state index in [1.165, 1.54) is 30.3 Å². The molecule has 0 saturated heterocycles. The summed E-state index contributed by atoms with van der Waals surface area (Å²) >= 11 is 0. The molecule has 9 heteroatoms. The van der Waals surface area contributed by atoms with Gasteiger partial charge in [0.1, 0.15) is 6.54 Å². The number of amides is 1. The van der Waals surface area contributed by atoms with E-state index in [4.69, 9.17) is 0 Å². The zero-order valence-electron chi connectivity index (χ0n) is 13.4. The van der Waals surface area contributed by atoms with Crippen LogP contribution in [0, 0.1) is 10.1 Å². The molecule has 0 saturated carbocycles. The molecule has 0 fully saturated rings. The zero-order valence-corrected chi connectivity index (χ0v) is 13.4. The van der Waals surface area contributed by atoms with Crippen molar-refractivity contribution in [3.63, 3.8) is 0 Å². The van der Waals surface area contributed by atoms with Gasteiger partial charge in [-0.2, -0.15) is 5.10 Å². The summed E-state index contributed by atoms with van der Waals surface area (Å²) < 4.78 is 1.02. The predicted molar refractivity (Wildman–Crippen MR) is 93.5 cm³/mol. The Kier molecular flexibility index (Phi) is 4.79. The van der Waals surface area contributed by atoms with Crippen molar-refractivity contribution in [1.82, 2.24) is 14.8 Å². The summed E-state index contributed by atoms with van der Waals surface area (Å²) in [5.74, 6) is -0.525. The van der Waals surface area contributed by atoms with Gasteiger partial charge in [-0.25, -0.2) is 4.68 Å². The molecule has 9 nitrogen and oxygen atoms in total. The Morgan fingerprint density at radius 2 is 2.04 bits per heavy atom. The maximum absolute atomic E-state index is 12.2. The Bertz CT molecular complexity index is 1020. The summed E-state index contributed by atoms with van der Waals surface area (Å²) in [4.78, 5) is 38.3. The van der Waals surface area contributed by atoms with Gasteiger partial charge in [0.25, 0.3) is 11.2 Å². The number of hydrogen-bond donors (Lipinski definition) is 1. The number of pyridine rings is 1. The summed E-state index contributed by atoms with van der Waals surface area (Å²) in [5.41, 5.74) is 0.894. The van der Waals surface area contributed by atoms with E-state index < -0.39 is 16.4 Å². The van der Waals surface area contributed by atoms with Crippen LogP contribution in [0.2, 0.25) is 0 Å². The van der Waals surface area contributed by atoms with E-state index in [1.807, 2.05) is 0 Å². The predicted octanol–water partition coefficient (Wildman–Crippen LogP) is 1.85. The average Bonchev–Trinajstić information content (AvgIpc) is 2.64. The SMILES string of the molecule is O=C(Cn1nc(-c2cccnc2)ccc1=O)Nc1cccc([N+](=O)[O-])c1. The number of anilines is 1. The highest BCUT2D eigenvalue weighted by molar-refractivity contribution is 5.90. The first kappa shape index (κ1) is 17.0. The molecule has 0 aliphatic carbocycles. The van der Waals surface area contributed by atoms with Gasteiger partial charge in [0, 0.05) is 41.8 Å². The lowest BCUT2D eigenvalue weighted by atomic mass is 10.2. The van der Waals surface area contributed by atoms with Crippen LogP contribution in [0.25, 0.3) is 11.3 Å². The Balaban J connectivity index is 1.78. The molecular formula is C17H13N5O4. The normalized spacial score (nSPS) is 10.3. The van der Waals surface area contributed by atoms with E-state index in [1.54, 1.807) is 30.6 Å². The van der Waals surface area contributed by atoms with Gasteiger partial charge in [0.15, 0.2) is 0 Å². The Hall–Kier alpha value is -3.88. The molecule has 1 aromatic carbocycles. The van der Waals surface area contributed by atoms with Crippen molar-refractivity contribution < 1.29 is 9.72 Å². The van der Waals surface area contributed by atoms with Crippen LogP contribution in [0.4, 0.5) is 11.4 Å². The number of nitrogens with one attached hydrogen (secondary N) is 1. The molecule has 2 heterocycles. The fourth-order valence-corrected chi connectivity index (χ4v) is 2.26. The number of nitrogens with zero attached hydrogens (tertiary/aromatic N) is 4. The van der Waals surface area contributed by atoms with Gasteiger partial charge < -0.3 is 5.32 Å². The second kappa shape index (κ2) is 7.34. The van der Waals surface area contributed by atoms with Gasteiger partial charge in [-0.3, -0.25) is 24.7 Å². The third kappa shape index (κ3) is 3.96. The van der Waals surface area contributed by atoms with Crippen LogP contribution in [-0.2, 0) is 11.3 Å². The summed E-state index contributed by atoms with van der Waals surface area (Å²) in [7, 11) is 0. The minimum atomic E-state index is -0.556. The third-order valence-electron chi connectivity index (χ3n) is 3.46. The second-order valence-electron chi connectivity index (χ2n) is 5.31. The van der Waals surface area contributed by atoms with Crippen LogP contribution in [0.1, 0.15) is 0 Å². The molecule has 0 atom stereocenters. The van der Waals surface area contributed by atoms with Crippen molar-refractivity contribution in [2.45, 2.75) is 6.54 Å². The number of carbonyl (C=O) groups excluding carboxylic acids is 1. The highest BCUT2D eigenvalue weighted by atomic mass is 16.6. The van der Waals surface area contributed by atoms with Gasteiger partial charge in [-0.05, 0) is 24.3 Å². The fourth-order valence-electron chi connectivity index (χ4n) is 2.26. The molecule has 3 aromatic rings. The van der Waals surface area contributed by atoms with Crippen molar-refractivity contribution in [1.29, 1.82) is 0 Å². The standard InChI is InChI=1S/C17H13N5O4/c23-16(19-13-4-1-5-14(9-13)22(25)26)11-21-17(24)7-6-15(20-21)12-3-2-8-18-10-12/h1-10H,11H2,(H,19,23). The molecule has 0 radical (unpaired) electrons. The first-order chi connectivity index (χ1) is 12.5. The van der Waals surface area contributed by atoms with E-state index in [0.717, 1.165) is 4.68 Å². The van der Waals surface area contributed by atoms with Crippen molar-refractivity contribution in [2.24, 2.45) is 0 Å². The van der Waals surface area contributed by atoms with Crippen molar-refractivity contribution in [2.75, 3.05) is 5.32 Å². The number of hydrogen-bond acceptors (Lipinski definition) is 6. The molecule has 0 aliphatic rings. The number of carbonyl (C=O) groups is 1. The monoisotopic (exact) mass is 351 g/mol. The number of aromatic nitrogens is 3. The average molecular weight is 351 g/mol. The summed E-state index contributed by atoms with van der Waals surface area (Å²) in [6.45, 7) is -0.324. The van der Waals surface area contributed by atoms with E-state index in [9.17, 15) is 19.7 Å². The molecule has 130 valence electrons. The molecule has 0 unspecified atom stereocenters. The molecular weight excluding hydrogens is 338 g/mol. The van der Waals surface area contributed by atoms with E-state index in [0.29, 0.717) is 11.3 Å². The number of non-ortho nitro benzene ring substituents is 1. The lowest BCUT2D eigenvalue weighted by Gasteiger charge is -2.08. The summed E-state index contributed by atoms with van der Waals surface area (Å²) in [6, 6.07) is 11.9. The molecule has 0 bridgehead atoms. The Morgan fingerprint density at radius 3 is 2.77 bits per heavy atom.